The highest BCUT2D eigenvalue weighted by Crippen LogP contribution is 2.19. The summed E-state index contributed by atoms with van der Waals surface area (Å²) >= 11 is 0. The van der Waals surface area contributed by atoms with Crippen molar-refractivity contribution >= 4 is 17.5 Å². The standard InChI is InChI=1S/C22H29N7O2/c1-16-19(17(2)29-22(25-16)18(13-23)14-24-29)5-6-20(30)28-11-9-26(10-12-28)15-21(31)27-7-3-4-8-27/h14H,3-12,15H2,1-2H3. The number of carbonyl (C=O) groups is 2. The van der Waals surface area contributed by atoms with Crippen LogP contribution in [0.15, 0.2) is 6.20 Å². The summed E-state index contributed by atoms with van der Waals surface area (Å²) in [7, 11) is 0. The van der Waals surface area contributed by atoms with Crippen LogP contribution in [0, 0.1) is 25.2 Å². The van der Waals surface area contributed by atoms with Crippen molar-refractivity contribution in [3.63, 3.8) is 0 Å². The Kier molecular flexibility index (Phi) is 6.18. The minimum Gasteiger partial charge on any atom is -0.342 e. The first-order chi connectivity index (χ1) is 15.0. The van der Waals surface area contributed by atoms with Crippen LogP contribution in [-0.2, 0) is 16.0 Å². The van der Waals surface area contributed by atoms with Crippen LogP contribution >= 0.6 is 0 Å². The molecule has 2 aromatic rings. The van der Waals surface area contributed by atoms with Gasteiger partial charge in [-0.25, -0.2) is 9.50 Å². The van der Waals surface area contributed by atoms with E-state index in [1.165, 1.54) is 6.20 Å². The zero-order valence-corrected chi connectivity index (χ0v) is 18.3. The normalized spacial score (nSPS) is 17.3. The van der Waals surface area contributed by atoms with E-state index < -0.39 is 0 Å². The zero-order valence-electron chi connectivity index (χ0n) is 18.3. The van der Waals surface area contributed by atoms with E-state index in [1.807, 2.05) is 23.6 Å². The highest BCUT2D eigenvalue weighted by molar-refractivity contribution is 5.79. The Labute approximate surface area is 182 Å². The fourth-order valence-corrected chi connectivity index (χ4v) is 4.55. The highest BCUT2D eigenvalue weighted by Gasteiger charge is 2.25. The Balaban J connectivity index is 1.31. The summed E-state index contributed by atoms with van der Waals surface area (Å²) < 4.78 is 1.68. The first kappa shape index (κ1) is 21.2. The third-order valence-corrected chi connectivity index (χ3v) is 6.46. The Morgan fingerprint density at radius 1 is 1.03 bits per heavy atom. The first-order valence-electron chi connectivity index (χ1n) is 11.0. The van der Waals surface area contributed by atoms with Crippen LogP contribution < -0.4 is 0 Å². The molecule has 0 spiro atoms. The number of rotatable bonds is 5. The third-order valence-electron chi connectivity index (χ3n) is 6.46. The molecule has 2 aliphatic rings. The van der Waals surface area contributed by atoms with Gasteiger partial charge in [-0.05, 0) is 38.7 Å². The second-order valence-corrected chi connectivity index (χ2v) is 8.41. The Bertz CT molecular complexity index is 1020. The summed E-state index contributed by atoms with van der Waals surface area (Å²) in [6, 6.07) is 2.11. The highest BCUT2D eigenvalue weighted by atomic mass is 16.2. The molecule has 0 N–H and O–H groups in total. The molecule has 2 aromatic heterocycles. The van der Waals surface area contributed by atoms with Crippen molar-refractivity contribution in [1.29, 1.82) is 5.26 Å². The maximum absolute atomic E-state index is 12.8. The molecule has 0 aliphatic carbocycles. The molecule has 0 aromatic carbocycles. The lowest BCUT2D eigenvalue weighted by Crippen LogP contribution is -2.51. The van der Waals surface area contributed by atoms with E-state index in [-0.39, 0.29) is 11.8 Å². The van der Waals surface area contributed by atoms with Gasteiger partial charge in [0.1, 0.15) is 11.6 Å². The molecule has 9 nitrogen and oxygen atoms in total. The maximum atomic E-state index is 12.8. The molecule has 2 fully saturated rings. The molecule has 31 heavy (non-hydrogen) atoms. The Morgan fingerprint density at radius 2 is 1.71 bits per heavy atom. The number of nitrogens with zero attached hydrogens (tertiary/aromatic N) is 7. The second kappa shape index (κ2) is 9.02. The van der Waals surface area contributed by atoms with Crippen molar-refractivity contribution in [2.24, 2.45) is 0 Å². The van der Waals surface area contributed by atoms with Gasteiger partial charge >= 0.3 is 0 Å². The minimum absolute atomic E-state index is 0.127. The minimum atomic E-state index is 0.127. The summed E-state index contributed by atoms with van der Waals surface area (Å²) in [6.45, 7) is 8.88. The number of amides is 2. The average Bonchev–Trinajstić information content (AvgIpc) is 3.44. The maximum Gasteiger partial charge on any atom is 0.236 e. The molecular weight excluding hydrogens is 394 g/mol. The lowest BCUT2D eigenvalue weighted by atomic mass is 10.1. The molecule has 164 valence electrons. The summed E-state index contributed by atoms with van der Waals surface area (Å²) in [5.41, 5.74) is 3.77. The smallest absolute Gasteiger partial charge is 0.236 e. The summed E-state index contributed by atoms with van der Waals surface area (Å²) in [5, 5.41) is 13.5. The van der Waals surface area contributed by atoms with Crippen molar-refractivity contribution in [2.75, 3.05) is 45.8 Å². The van der Waals surface area contributed by atoms with Gasteiger partial charge in [0.25, 0.3) is 0 Å². The second-order valence-electron chi connectivity index (χ2n) is 8.41. The van der Waals surface area contributed by atoms with Crippen LogP contribution in [0.1, 0.15) is 41.8 Å². The molecular formula is C22H29N7O2. The van der Waals surface area contributed by atoms with E-state index >= 15 is 0 Å². The van der Waals surface area contributed by atoms with Crippen LogP contribution in [-0.4, -0.2) is 86.9 Å². The fraction of sp³-hybridized carbons (Fsp3) is 0.591. The molecule has 9 heteroatoms. The molecule has 0 bridgehead atoms. The quantitative estimate of drug-likeness (QED) is 0.709. The van der Waals surface area contributed by atoms with Gasteiger partial charge in [0, 0.05) is 57.1 Å². The van der Waals surface area contributed by atoms with Gasteiger partial charge in [0.2, 0.25) is 11.8 Å². The topological polar surface area (TPSA) is 97.8 Å². The van der Waals surface area contributed by atoms with Crippen LogP contribution in [0.3, 0.4) is 0 Å². The largest absolute Gasteiger partial charge is 0.342 e. The first-order valence-corrected chi connectivity index (χ1v) is 11.0. The number of piperazine rings is 1. The molecule has 0 saturated carbocycles. The monoisotopic (exact) mass is 423 g/mol. The van der Waals surface area contributed by atoms with Gasteiger partial charge in [-0.15, -0.1) is 0 Å². The summed E-state index contributed by atoms with van der Waals surface area (Å²) in [6.07, 6.45) is 4.74. The lowest BCUT2D eigenvalue weighted by molar-refractivity contribution is -0.134. The predicted molar refractivity (Wildman–Crippen MR) is 114 cm³/mol. The van der Waals surface area contributed by atoms with E-state index in [1.54, 1.807) is 4.52 Å². The molecule has 2 aliphatic heterocycles. The van der Waals surface area contributed by atoms with E-state index in [9.17, 15) is 14.9 Å². The lowest BCUT2D eigenvalue weighted by Gasteiger charge is -2.35. The Hall–Kier alpha value is -2.99. The van der Waals surface area contributed by atoms with E-state index in [0.717, 1.165) is 56.0 Å². The Morgan fingerprint density at radius 3 is 2.39 bits per heavy atom. The SMILES string of the molecule is Cc1nc2c(C#N)cnn2c(C)c1CCC(=O)N1CCN(CC(=O)N2CCCC2)CC1. The number of aryl methyl sites for hydroxylation is 2. The predicted octanol–water partition coefficient (Wildman–Crippen LogP) is 0.917. The zero-order chi connectivity index (χ0) is 22.0. The van der Waals surface area contributed by atoms with Gasteiger partial charge in [-0.1, -0.05) is 0 Å². The summed E-state index contributed by atoms with van der Waals surface area (Å²) in [5.74, 6) is 0.340. The molecule has 4 heterocycles. The molecule has 0 radical (unpaired) electrons. The molecule has 0 unspecified atom stereocenters. The molecule has 2 saturated heterocycles. The number of carbonyl (C=O) groups excluding carboxylic acids is 2. The third kappa shape index (κ3) is 4.39. The average molecular weight is 424 g/mol. The van der Waals surface area contributed by atoms with Gasteiger partial charge in [-0.2, -0.15) is 10.4 Å². The van der Waals surface area contributed by atoms with Crippen LogP contribution in [0.2, 0.25) is 0 Å². The number of hydrogen-bond donors (Lipinski definition) is 0. The molecule has 2 amide bonds. The van der Waals surface area contributed by atoms with Crippen LogP contribution in [0.4, 0.5) is 0 Å². The van der Waals surface area contributed by atoms with E-state index in [4.69, 9.17) is 0 Å². The van der Waals surface area contributed by atoms with Crippen molar-refractivity contribution in [2.45, 2.75) is 39.5 Å². The summed E-state index contributed by atoms with van der Waals surface area (Å²) in [4.78, 5) is 35.7. The molecule has 0 atom stereocenters. The van der Waals surface area contributed by atoms with E-state index in [2.05, 4.69) is 21.1 Å². The van der Waals surface area contributed by atoms with Crippen molar-refractivity contribution in [3.05, 3.63) is 28.7 Å². The van der Waals surface area contributed by atoms with Crippen molar-refractivity contribution in [1.82, 2.24) is 29.3 Å². The number of nitriles is 1. The van der Waals surface area contributed by atoms with Crippen LogP contribution in [0.25, 0.3) is 5.65 Å². The van der Waals surface area contributed by atoms with E-state index in [0.29, 0.717) is 43.7 Å². The molecule has 4 rings (SSSR count). The van der Waals surface area contributed by atoms with Gasteiger partial charge < -0.3 is 9.80 Å². The number of aromatic nitrogens is 3. The van der Waals surface area contributed by atoms with Gasteiger partial charge in [0.05, 0.1) is 12.7 Å². The number of hydrogen-bond acceptors (Lipinski definition) is 6. The number of likely N-dealkylation sites (tertiary alicyclic amines) is 1. The van der Waals surface area contributed by atoms with Crippen molar-refractivity contribution in [3.8, 4) is 6.07 Å². The van der Waals surface area contributed by atoms with Gasteiger partial charge in [0.15, 0.2) is 5.65 Å². The van der Waals surface area contributed by atoms with Crippen molar-refractivity contribution < 1.29 is 9.59 Å². The van der Waals surface area contributed by atoms with Crippen LogP contribution in [0.5, 0.6) is 0 Å². The van der Waals surface area contributed by atoms with Gasteiger partial charge in [-0.3, -0.25) is 14.5 Å². The number of fused-ring (bicyclic) bond motifs is 1. The fourth-order valence-electron chi connectivity index (χ4n) is 4.55.